The van der Waals surface area contributed by atoms with Crippen molar-refractivity contribution in [3.8, 4) is 11.1 Å². The molecule has 0 bridgehead atoms. The fraction of sp³-hybridized carbons (Fsp3) is 0.342. The molecule has 2 aliphatic carbocycles. The van der Waals surface area contributed by atoms with E-state index in [0.717, 1.165) is 23.5 Å². The predicted octanol–water partition coefficient (Wildman–Crippen LogP) is 18.4. The van der Waals surface area contributed by atoms with Crippen LogP contribution >= 0.6 is 0 Å². The maximum atomic E-state index is 2.72. The van der Waals surface area contributed by atoms with E-state index >= 15 is 0 Å². The molecule has 0 aromatic heterocycles. The van der Waals surface area contributed by atoms with Gasteiger partial charge in [-0.2, -0.15) is 0 Å². The van der Waals surface area contributed by atoms with E-state index in [1.54, 1.807) is 0 Å². The smallest absolute Gasteiger partial charge is 0.252 e. The van der Waals surface area contributed by atoms with Crippen LogP contribution in [0.1, 0.15) is 161 Å². The lowest BCUT2D eigenvalue weighted by molar-refractivity contribution is 0.332. The Balaban J connectivity index is 1.18. The zero-order valence-corrected chi connectivity index (χ0v) is 49.1. The van der Waals surface area contributed by atoms with Gasteiger partial charge in [0.05, 0.1) is 5.69 Å². The van der Waals surface area contributed by atoms with Crippen LogP contribution in [0.4, 0.5) is 51.2 Å². The van der Waals surface area contributed by atoms with Gasteiger partial charge in [-0.3, -0.25) is 0 Å². The van der Waals surface area contributed by atoms with Gasteiger partial charge in [0, 0.05) is 51.1 Å². The molecule has 0 saturated heterocycles. The molecule has 8 aromatic rings. The molecule has 0 saturated carbocycles. The van der Waals surface area contributed by atoms with Crippen LogP contribution in [0.25, 0.3) is 11.1 Å². The van der Waals surface area contributed by atoms with E-state index in [1.165, 1.54) is 119 Å². The van der Waals surface area contributed by atoms with Gasteiger partial charge in [0.1, 0.15) is 0 Å². The standard InChI is InChI=1S/C73H80BN3/c1-46-37-65-67-66(38-46)77(62-34-29-50(69(6,7)8)41-54(62)48-27-31-55-56(40-48)71(11,12)36-35-70(55,9)10)64-44-58-57(72(13,14)45-73(58,15)16)43-60(64)74(67)59-32-30-53(75(51-23-19-17-20-24-51)52-25-21-18-22-26-52)42-63(59)76(65)61-33-28-49(39-47(61)2)68(3,4)5/h17-34,37-44H,35-36,45H2,1-16H3. The van der Waals surface area contributed by atoms with Gasteiger partial charge in [0.15, 0.2) is 0 Å². The molecule has 77 heavy (non-hydrogen) atoms. The molecule has 4 aliphatic rings. The van der Waals surface area contributed by atoms with Crippen LogP contribution in [-0.2, 0) is 32.5 Å². The van der Waals surface area contributed by atoms with Gasteiger partial charge in [0.2, 0.25) is 0 Å². The SMILES string of the molecule is Cc1cc2c3c(c1)N(c1ccc(C(C)(C)C)cc1-c1ccc4c(c1)C(C)(C)CCC4(C)C)c1cc4c(cc1B3c1ccc(N(c3ccccc3)c3ccccc3)cc1N2c1ccc(C(C)(C)C)cc1C)C(C)(C)CC4(C)C. The van der Waals surface area contributed by atoms with Crippen LogP contribution in [0.15, 0.2) is 158 Å². The number of fused-ring (bicyclic) bond motifs is 6. The molecule has 0 atom stereocenters. The average Bonchev–Trinajstić information content (AvgIpc) is 3.86. The molecule has 0 N–H and O–H groups in total. The Morgan fingerprint density at radius 1 is 0.416 bits per heavy atom. The van der Waals surface area contributed by atoms with Crippen LogP contribution in [0.3, 0.4) is 0 Å². The summed E-state index contributed by atoms with van der Waals surface area (Å²) in [6.45, 7) is 38.4. The van der Waals surface area contributed by atoms with Gasteiger partial charge in [-0.15, -0.1) is 0 Å². The van der Waals surface area contributed by atoms with Gasteiger partial charge in [0.25, 0.3) is 6.71 Å². The van der Waals surface area contributed by atoms with Crippen LogP contribution in [0, 0.1) is 13.8 Å². The van der Waals surface area contributed by atoms with E-state index in [1.807, 2.05) is 0 Å². The fourth-order valence-corrected chi connectivity index (χ4v) is 14.4. The maximum absolute atomic E-state index is 2.72. The molecular formula is C73H80BN3. The van der Waals surface area contributed by atoms with Crippen molar-refractivity contribution in [2.45, 2.75) is 163 Å². The third kappa shape index (κ3) is 8.29. The summed E-state index contributed by atoms with van der Waals surface area (Å²) in [6, 6.07) is 61.6. The monoisotopic (exact) mass is 1010 g/mol. The lowest BCUT2D eigenvalue weighted by atomic mass is 9.33. The molecule has 0 fully saturated rings. The van der Waals surface area contributed by atoms with Crippen LogP contribution in [0.5, 0.6) is 0 Å². The summed E-state index contributed by atoms with van der Waals surface area (Å²) in [7, 11) is 0. The summed E-state index contributed by atoms with van der Waals surface area (Å²) in [5.74, 6) is 0. The summed E-state index contributed by atoms with van der Waals surface area (Å²) < 4.78 is 0. The normalized spacial score (nSPS) is 17.3. The fourth-order valence-electron chi connectivity index (χ4n) is 14.4. The molecule has 2 aliphatic heterocycles. The van der Waals surface area contributed by atoms with Crippen molar-refractivity contribution in [2.75, 3.05) is 14.7 Å². The van der Waals surface area contributed by atoms with E-state index in [4.69, 9.17) is 0 Å². The van der Waals surface area contributed by atoms with Crippen LogP contribution in [0.2, 0.25) is 0 Å². The summed E-state index contributed by atoms with van der Waals surface area (Å²) in [4.78, 5) is 7.78. The molecule has 2 heterocycles. The molecule has 0 radical (unpaired) electrons. The van der Waals surface area contributed by atoms with Crippen molar-refractivity contribution in [3.05, 3.63) is 202 Å². The van der Waals surface area contributed by atoms with Crippen LogP contribution < -0.4 is 31.1 Å². The number of benzene rings is 8. The highest BCUT2D eigenvalue weighted by Crippen LogP contribution is 2.55. The first-order chi connectivity index (χ1) is 36.2. The lowest BCUT2D eigenvalue weighted by Crippen LogP contribution is -2.61. The van der Waals surface area contributed by atoms with E-state index in [-0.39, 0.29) is 39.2 Å². The number of hydrogen-bond acceptors (Lipinski definition) is 3. The van der Waals surface area contributed by atoms with E-state index in [9.17, 15) is 0 Å². The Kier molecular flexibility index (Phi) is 11.5. The van der Waals surface area contributed by atoms with E-state index in [0.29, 0.717) is 0 Å². The number of anilines is 9. The zero-order chi connectivity index (χ0) is 54.5. The summed E-state index contributed by atoms with van der Waals surface area (Å²) >= 11 is 0. The van der Waals surface area contributed by atoms with E-state index in [2.05, 4.69) is 283 Å². The topological polar surface area (TPSA) is 9.72 Å². The van der Waals surface area contributed by atoms with Crippen molar-refractivity contribution in [1.29, 1.82) is 0 Å². The molecule has 12 rings (SSSR count). The Bertz CT molecular complexity index is 3630. The summed E-state index contributed by atoms with van der Waals surface area (Å²) in [5.41, 5.74) is 28.7. The number of rotatable bonds is 6. The maximum Gasteiger partial charge on any atom is 0.252 e. The van der Waals surface area contributed by atoms with Crippen molar-refractivity contribution in [2.24, 2.45) is 0 Å². The largest absolute Gasteiger partial charge is 0.311 e. The molecule has 390 valence electrons. The highest BCUT2D eigenvalue weighted by atomic mass is 15.2. The number of hydrogen-bond donors (Lipinski definition) is 0. The Labute approximate surface area is 462 Å². The minimum absolute atomic E-state index is 0.00136. The van der Waals surface area contributed by atoms with Crippen molar-refractivity contribution >= 4 is 74.3 Å². The summed E-state index contributed by atoms with van der Waals surface area (Å²) in [5, 5.41) is 0. The van der Waals surface area contributed by atoms with Crippen molar-refractivity contribution < 1.29 is 0 Å². The second-order valence-electron chi connectivity index (χ2n) is 28.2. The molecule has 0 amide bonds. The second kappa shape index (κ2) is 17.4. The highest BCUT2D eigenvalue weighted by Gasteiger charge is 2.49. The molecule has 3 nitrogen and oxygen atoms in total. The molecule has 4 heteroatoms. The minimum atomic E-state index is -0.0490. The first kappa shape index (κ1) is 51.0. The molecular weight excluding hydrogens is 930 g/mol. The molecule has 0 unspecified atom stereocenters. The predicted molar refractivity (Wildman–Crippen MR) is 333 cm³/mol. The molecule has 8 aromatic carbocycles. The first-order valence-corrected chi connectivity index (χ1v) is 28.6. The number of nitrogens with zero attached hydrogens (tertiary/aromatic N) is 3. The van der Waals surface area contributed by atoms with E-state index < -0.39 is 0 Å². The second-order valence-corrected chi connectivity index (χ2v) is 28.2. The van der Waals surface area contributed by atoms with Gasteiger partial charge in [-0.1, -0.05) is 182 Å². The Morgan fingerprint density at radius 3 is 1.52 bits per heavy atom. The quantitative estimate of drug-likeness (QED) is 0.154. The first-order valence-electron chi connectivity index (χ1n) is 28.6. The van der Waals surface area contributed by atoms with Gasteiger partial charge < -0.3 is 14.7 Å². The minimum Gasteiger partial charge on any atom is -0.311 e. The van der Waals surface area contributed by atoms with Crippen molar-refractivity contribution in [1.82, 2.24) is 0 Å². The Morgan fingerprint density at radius 2 is 0.935 bits per heavy atom. The number of aryl methyl sites for hydroxylation is 2. The van der Waals surface area contributed by atoms with Gasteiger partial charge in [-0.05, 0) is 205 Å². The van der Waals surface area contributed by atoms with Gasteiger partial charge >= 0.3 is 0 Å². The third-order valence-electron chi connectivity index (χ3n) is 18.5. The third-order valence-corrected chi connectivity index (χ3v) is 18.5. The Hall–Kier alpha value is -6.78. The number of para-hydroxylation sites is 2. The lowest BCUT2D eigenvalue weighted by Gasteiger charge is -2.46. The van der Waals surface area contributed by atoms with Crippen molar-refractivity contribution in [3.63, 3.8) is 0 Å². The zero-order valence-electron chi connectivity index (χ0n) is 49.1. The average molecular weight is 1010 g/mol. The summed E-state index contributed by atoms with van der Waals surface area (Å²) in [6.07, 6.45) is 3.46. The molecule has 0 spiro atoms. The van der Waals surface area contributed by atoms with Crippen LogP contribution in [-0.4, -0.2) is 6.71 Å². The van der Waals surface area contributed by atoms with Gasteiger partial charge in [-0.25, -0.2) is 0 Å². The highest BCUT2D eigenvalue weighted by molar-refractivity contribution is 7.00.